The lowest BCUT2D eigenvalue weighted by atomic mass is 10.0. The van der Waals surface area contributed by atoms with Crippen LogP contribution >= 0.6 is 11.6 Å². The fourth-order valence-electron chi connectivity index (χ4n) is 5.11. The highest BCUT2D eigenvalue weighted by molar-refractivity contribution is 7.92. The molecule has 0 saturated heterocycles. The standard InChI is InChI=1S/C37H42ClN3O4S/c1-6-29(5)39-37(43)35(23-30-13-8-7-9-14-30)40(24-31-15-11-10-12-27(31)3)36(42)25-41(33-19-16-26(2)28(4)22-33)46(44,45)34-20-17-32(38)18-21-34/h7-22,29,35H,6,23-25H2,1-5H3,(H,39,43)/t29-,35-/m1/s1. The molecule has 0 aliphatic carbocycles. The number of carbonyl (C=O) groups excluding carboxylic acids is 2. The number of aryl methyl sites for hydroxylation is 3. The zero-order valence-electron chi connectivity index (χ0n) is 27.0. The predicted octanol–water partition coefficient (Wildman–Crippen LogP) is 7.02. The van der Waals surface area contributed by atoms with Gasteiger partial charge in [0, 0.05) is 24.0 Å². The number of rotatable bonds is 13. The molecular formula is C37H42ClN3O4S. The highest BCUT2D eigenvalue weighted by Gasteiger charge is 2.35. The number of carbonyl (C=O) groups is 2. The van der Waals surface area contributed by atoms with Gasteiger partial charge in [-0.15, -0.1) is 0 Å². The Morgan fingerprint density at radius 2 is 1.48 bits per heavy atom. The molecule has 9 heteroatoms. The maximum absolute atomic E-state index is 14.6. The molecule has 0 unspecified atom stereocenters. The number of nitrogens with one attached hydrogen (secondary N) is 1. The minimum atomic E-state index is -4.21. The molecular weight excluding hydrogens is 618 g/mol. The van der Waals surface area contributed by atoms with E-state index in [1.165, 1.54) is 29.2 Å². The molecule has 46 heavy (non-hydrogen) atoms. The van der Waals surface area contributed by atoms with Crippen LogP contribution in [0.3, 0.4) is 0 Å². The smallest absolute Gasteiger partial charge is 0.264 e. The summed E-state index contributed by atoms with van der Waals surface area (Å²) in [7, 11) is -4.21. The first-order valence-corrected chi connectivity index (χ1v) is 17.3. The minimum absolute atomic E-state index is 0.00345. The number of hydrogen-bond donors (Lipinski definition) is 1. The molecule has 2 amide bonds. The van der Waals surface area contributed by atoms with Crippen LogP contribution in [0.15, 0.2) is 102 Å². The van der Waals surface area contributed by atoms with Crippen LogP contribution in [-0.2, 0) is 32.6 Å². The third-order valence-corrected chi connectivity index (χ3v) is 10.4. The van der Waals surface area contributed by atoms with E-state index in [1.54, 1.807) is 12.1 Å². The number of anilines is 1. The van der Waals surface area contributed by atoms with Gasteiger partial charge in [0.2, 0.25) is 11.8 Å². The van der Waals surface area contributed by atoms with Gasteiger partial charge in [0.25, 0.3) is 10.0 Å². The van der Waals surface area contributed by atoms with Crippen molar-refractivity contribution in [3.05, 3.63) is 130 Å². The van der Waals surface area contributed by atoms with Crippen LogP contribution in [0.2, 0.25) is 5.02 Å². The van der Waals surface area contributed by atoms with E-state index in [4.69, 9.17) is 11.6 Å². The third kappa shape index (κ3) is 8.56. The molecule has 0 bridgehead atoms. The van der Waals surface area contributed by atoms with Crippen LogP contribution in [0.1, 0.15) is 48.1 Å². The number of sulfonamides is 1. The first kappa shape index (κ1) is 34.7. The van der Waals surface area contributed by atoms with Crippen molar-refractivity contribution in [3.63, 3.8) is 0 Å². The van der Waals surface area contributed by atoms with Crippen molar-refractivity contribution in [2.45, 2.75) is 71.0 Å². The Bertz CT molecular complexity index is 1760. The van der Waals surface area contributed by atoms with Crippen molar-refractivity contribution in [1.82, 2.24) is 10.2 Å². The molecule has 0 spiro atoms. The second kappa shape index (κ2) is 15.4. The topological polar surface area (TPSA) is 86.8 Å². The number of amides is 2. The summed E-state index contributed by atoms with van der Waals surface area (Å²) in [5.41, 5.74) is 4.93. The van der Waals surface area contributed by atoms with Gasteiger partial charge < -0.3 is 10.2 Å². The molecule has 4 aromatic carbocycles. The van der Waals surface area contributed by atoms with E-state index in [0.717, 1.165) is 38.5 Å². The quantitative estimate of drug-likeness (QED) is 0.167. The summed E-state index contributed by atoms with van der Waals surface area (Å²) < 4.78 is 29.6. The average Bonchev–Trinajstić information content (AvgIpc) is 3.04. The van der Waals surface area contributed by atoms with Gasteiger partial charge in [-0.3, -0.25) is 13.9 Å². The molecule has 0 aromatic heterocycles. The van der Waals surface area contributed by atoms with Crippen molar-refractivity contribution in [2.75, 3.05) is 10.8 Å². The van der Waals surface area contributed by atoms with Crippen LogP contribution in [0.25, 0.3) is 0 Å². The van der Waals surface area contributed by atoms with Crippen LogP contribution in [0.4, 0.5) is 5.69 Å². The lowest BCUT2D eigenvalue weighted by molar-refractivity contribution is -0.140. The Labute approximate surface area is 278 Å². The summed E-state index contributed by atoms with van der Waals surface area (Å²) in [5, 5.41) is 3.47. The van der Waals surface area contributed by atoms with E-state index in [9.17, 15) is 18.0 Å². The Morgan fingerprint density at radius 3 is 2.11 bits per heavy atom. The molecule has 0 saturated carbocycles. The predicted molar refractivity (Wildman–Crippen MR) is 185 cm³/mol. The molecule has 2 atom stereocenters. The monoisotopic (exact) mass is 659 g/mol. The summed E-state index contributed by atoms with van der Waals surface area (Å²) in [6, 6.07) is 27.4. The zero-order chi connectivity index (χ0) is 33.4. The lowest BCUT2D eigenvalue weighted by Gasteiger charge is -2.34. The molecule has 0 radical (unpaired) electrons. The SMILES string of the molecule is CC[C@@H](C)NC(=O)[C@@H](Cc1ccccc1)N(Cc1ccccc1C)C(=O)CN(c1ccc(C)c(C)c1)S(=O)(=O)c1ccc(Cl)cc1. The van der Waals surface area contributed by atoms with Gasteiger partial charge in [-0.2, -0.15) is 0 Å². The number of hydrogen-bond acceptors (Lipinski definition) is 4. The van der Waals surface area contributed by atoms with Crippen molar-refractivity contribution >= 4 is 39.1 Å². The molecule has 7 nitrogen and oxygen atoms in total. The molecule has 0 heterocycles. The summed E-state index contributed by atoms with van der Waals surface area (Å²) in [5.74, 6) is -0.794. The van der Waals surface area contributed by atoms with Gasteiger partial charge in [0.05, 0.1) is 10.6 Å². The van der Waals surface area contributed by atoms with Crippen LogP contribution in [-0.4, -0.2) is 43.8 Å². The highest BCUT2D eigenvalue weighted by atomic mass is 35.5. The second-order valence-electron chi connectivity index (χ2n) is 11.7. The largest absolute Gasteiger partial charge is 0.352 e. The fraction of sp³-hybridized carbons (Fsp3) is 0.297. The van der Waals surface area contributed by atoms with E-state index in [-0.39, 0.29) is 29.8 Å². The van der Waals surface area contributed by atoms with E-state index in [2.05, 4.69) is 5.32 Å². The lowest BCUT2D eigenvalue weighted by Crippen LogP contribution is -2.54. The Kier molecular flexibility index (Phi) is 11.7. The zero-order valence-corrected chi connectivity index (χ0v) is 28.6. The summed E-state index contributed by atoms with van der Waals surface area (Å²) in [6.45, 7) is 9.31. The van der Waals surface area contributed by atoms with Crippen LogP contribution < -0.4 is 9.62 Å². The maximum Gasteiger partial charge on any atom is 0.264 e. The normalized spacial score (nSPS) is 12.7. The molecule has 0 fully saturated rings. The summed E-state index contributed by atoms with van der Waals surface area (Å²) in [4.78, 5) is 30.1. The van der Waals surface area contributed by atoms with Crippen molar-refractivity contribution in [2.24, 2.45) is 0 Å². The molecule has 0 aliphatic heterocycles. The molecule has 1 N–H and O–H groups in total. The summed E-state index contributed by atoms with van der Waals surface area (Å²) in [6.07, 6.45) is 0.976. The Balaban J connectivity index is 1.83. The van der Waals surface area contributed by atoms with Crippen molar-refractivity contribution in [1.29, 1.82) is 0 Å². The summed E-state index contributed by atoms with van der Waals surface area (Å²) >= 11 is 6.08. The van der Waals surface area contributed by atoms with Gasteiger partial charge >= 0.3 is 0 Å². The first-order chi connectivity index (χ1) is 21.9. The van der Waals surface area contributed by atoms with Gasteiger partial charge in [-0.1, -0.05) is 79.2 Å². The van der Waals surface area contributed by atoms with Crippen molar-refractivity contribution in [3.8, 4) is 0 Å². The van der Waals surface area contributed by atoms with E-state index >= 15 is 0 Å². The van der Waals surface area contributed by atoms with Gasteiger partial charge in [-0.05, 0) is 98.3 Å². The van der Waals surface area contributed by atoms with Gasteiger partial charge in [0.1, 0.15) is 12.6 Å². The number of halogens is 1. The molecule has 4 aromatic rings. The molecule has 242 valence electrons. The molecule has 0 aliphatic rings. The van der Waals surface area contributed by atoms with Crippen LogP contribution in [0, 0.1) is 20.8 Å². The average molecular weight is 660 g/mol. The van der Waals surface area contributed by atoms with Gasteiger partial charge in [0.15, 0.2) is 0 Å². The third-order valence-electron chi connectivity index (χ3n) is 8.33. The van der Waals surface area contributed by atoms with Crippen LogP contribution in [0.5, 0.6) is 0 Å². The van der Waals surface area contributed by atoms with E-state index in [1.807, 2.05) is 95.3 Å². The van der Waals surface area contributed by atoms with Gasteiger partial charge in [-0.25, -0.2) is 8.42 Å². The number of nitrogens with zero attached hydrogens (tertiary/aromatic N) is 2. The van der Waals surface area contributed by atoms with E-state index < -0.39 is 28.5 Å². The van der Waals surface area contributed by atoms with E-state index in [0.29, 0.717) is 10.7 Å². The van der Waals surface area contributed by atoms with Crippen molar-refractivity contribution < 1.29 is 18.0 Å². The minimum Gasteiger partial charge on any atom is -0.352 e. The first-order valence-electron chi connectivity index (χ1n) is 15.4. The second-order valence-corrected chi connectivity index (χ2v) is 14.0. The Morgan fingerprint density at radius 1 is 0.826 bits per heavy atom. The molecule has 4 rings (SSSR count). The Hall–Kier alpha value is -4.14. The highest BCUT2D eigenvalue weighted by Crippen LogP contribution is 2.28. The fourth-order valence-corrected chi connectivity index (χ4v) is 6.64. The number of benzene rings is 4. The maximum atomic E-state index is 14.6.